The van der Waals surface area contributed by atoms with E-state index in [0.717, 1.165) is 22.5 Å². The minimum Gasteiger partial charge on any atom is -0.466 e. The van der Waals surface area contributed by atoms with Crippen molar-refractivity contribution in [3.8, 4) is 0 Å². The van der Waals surface area contributed by atoms with Crippen LogP contribution in [-0.2, 0) is 9.53 Å². The van der Waals surface area contributed by atoms with Crippen molar-refractivity contribution in [1.82, 2.24) is 10.2 Å². The van der Waals surface area contributed by atoms with Gasteiger partial charge in [-0.2, -0.15) is 0 Å². The highest BCUT2D eigenvalue weighted by atomic mass is 32.1. The summed E-state index contributed by atoms with van der Waals surface area (Å²) in [5.41, 5.74) is 4.32. The molecule has 0 saturated heterocycles. The Labute approximate surface area is 187 Å². The van der Waals surface area contributed by atoms with Crippen molar-refractivity contribution in [3.63, 3.8) is 0 Å². The number of methoxy groups -OCH3 is 1. The number of esters is 1. The second kappa shape index (κ2) is 9.61. The average Bonchev–Trinajstić information content (AvgIpc) is 2.75. The van der Waals surface area contributed by atoms with Gasteiger partial charge in [0.1, 0.15) is 0 Å². The number of urea groups is 1. The molecule has 0 spiro atoms. The zero-order valence-corrected chi connectivity index (χ0v) is 18.8. The predicted molar refractivity (Wildman–Crippen MR) is 126 cm³/mol. The largest absolute Gasteiger partial charge is 0.466 e. The Balaban J connectivity index is 1.86. The van der Waals surface area contributed by atoms with Gasteiger partial charge in [0.25, 0.3) is 0 Å². The molecule has 7 nitrogen and oxygen atoms in total. The molecule has 2 aromatic carbocycles. The van der Waals surface area contributed by atoms with E-state index in [1.54, 1.807) is 6.07 Å². The summed E-state index contributed by atoms with van der Waals surface area (Å²) in [6, 6.07) is 14.0. The van der Waals surface area contributed by atoms with Crippen LogP contribution in [0.1, 0.15) is 31.0 Å². The van der Waals surface area contributed by atoms with Gasteiger partial charge in [-0.3, -0.25) is 0 Å². The van der Waals surface area contributed by atoms with Crippen molar-refractivity contribution in [2.24, 2.45) is 0 Å². The van der Waals surface area contributed by atoms with Crippen LogP contribution < -0.4 is 16.0 Å². The molecule has 3 N–H and O–H groups in total. The van der Waals surface area contributed by atoms with Crippen molar-refractivity contribution < 1.29 is 14.3 Å². The molecular formula is C23H26N4O3S. The number of benzene rings is 2. The Morgan fingerprint density at radius 3 is 2.55 bits per heavy atom. The summed E-state index contributed by atoms with van der Waals surface area (Å²) < 4.78 is 5.03. The van der Waals surface area contributed by atoms with Crippen molar-refractivity contribution in [2.45, 2.75) is 26.8 Å². The van der Waals surface area contributed by atoms with Crippen molar-refractivity contribution in [2.75, 3.05) is 24.3 Å². The Morgan fingerprint density at radius 1 is 1.13 bits per heavy atom. The van der Waals surface area contributed by atoms with Crippen LogP contribution in [-0.4, -0.2) is 35.7 Å². The summed E-state index contributed by atoms with van der Waals surface area (Å²) in [4.78, 5) is 26.9. The van der Waals surface area contributed by atoms with E-state index in [-0.39, 0.29) is 6.03 Å². The molecule has 2 amide bonds. The lowest BCUT2D eigenvalue weighted by Gasteiger charge is -2.37. The molecule has 0 radical (unpaired) electrons. The number of nitrogens with zero attached hydrogens (tertiary/aromatic N) is 1. The molecule has 8 heteroatoms. The van der Waals surface area contributed by atoms with E-state index >= 15 is 0 Å². The summed E-state index contributed by atoms with van der Waals surface area (Å²) >= 11 is 5.49. The first-order chi connectivity index (χ1) is 14.8. The maximum Gasteiger partial charge on any atom is 0.337 e. The zero-order chi connectivity index (χ0) is 22.5. The van der Waals surface area contributed by atoms with E-state index in [0.29, 0.717) is 22.9 Å². The maximum absolute atomic E-state index is 12.6. The maximum atomic E-state index is 12.6. The Hall–Kier alpha value is -3.39. The summed E-state index contributed by atoms with van der Waals surface area (Å²) in [5, 5.41) is 9.45. The number of amides is 2. The molecule has 0 aromatic heterocycles. The lowest BCUT2D eigenvalue weighted by atomic mass is 9.94. The van der Waals surface area contributed by atoms with Crippen LogP contribution in [0, 0.1) is 6.92 Å². The van der Waals surface area contributed by atoms with Crippen molar-refractivity contribution in [1.29, 1.82) is 0 Å². The molecule has 1 atom stereocenters. The number of aryl methyl sites for hydroxylation is 1. The van der Waals surface area contributed by atoms with Crippen molar-refractivity contribution >= 4 is 40.7 Å². The first-order valence-electron chi connectivity index (χ1n) is 9.96. The fraction of sp³-hybridized carbons (Fsp3) is 0.261. The van der Waals surface area contributed by atoms with Gasteiger partial charge in [0.2, 0.25) is 0 Å². The topological polar surface area (TPSA) is 82.7 Å². The molecule has 1 aliphatic rings. The van der Waals surface area contributed by atoms with Crippen molar-refractivity contribution in [3.05, 3.63) is 70.9 Å². The average molecular weight is 439 g/mol. The van der Waals surface area contributed by atoms with Crippen LogP contribution in [0.5, 0.6) is 0 Å². The first kappa shape index (κ1) is 22.3. The fourth-order valence-electron chi connectivity index (χ4n) is 3.58. The van der Waals surface area contributed by atoms with Crippen LogP contribution in [0.3, 0.4) is 0 Å². The molecule has 0 bridgehead atoms. The van der Waals surface area contributed by atoms with E-state index in [9.17, 15) is 9.59 Å². The third kappa shape index (κ3) is 4.86. The summed E-state index contributed by atoms with van der Waals surface area (Å²) in [6.07, 6.45) is 0. The molecule has 0 unspecified atom stereocenters. The van der Waals surface area contributed by atoms with Crippen LogP contribution in [0.2, 0.25) is 0 Å². The minimum atomic E-state index is -0.482. The molecular weight excluding hydrogens is 412 g/mol. The summed E-state index contributed by atoms with van der Waals surface area (Å²) in [5.74, 6) is -0.424. The van der Waals surface area contributed by atoms with Gasteiger partial charge in [0.15, 0.2) is 5.11 Å². The molecule has 3 rings (SSSR count). The molecule has 2 aromatic rings. The van der Waals surface area contributed by atoms with Gasteiger partial charge < -0.3 is 25.6 Å². The molecule has 0 fully saturated rings. The van der Waals surface area contributed by atoms with Crippen LogP contribution in [0.4, 0.5) is 16.2 Å². The highest BCUT2D eigenvalue weighted by molar-refractivity contribution is 7.80. The van der Waals surface area contributed by atoms with E-state index in [4.69, 9.17) is 17.0 Å². The van der Waals surface area contributed by atoms with Gasteiger partial charge in [-0.05, 0) is 62.3 Å². The lowest BCUT2D eigenvalue weighted by Crippen LogP contribution is -2.47. The number of hydrogen-bond acceptors (Lipinski definition) is 4. The monoisotopic (exact) mass is 438 g/mol. The van der Waals surface area contributed by atoms with E-state index in [1.165, 1.54) is 7.11 Å². The van der Waals surface area contributed by atoms with Gasteiger partial charge >= 0.3 is 12.0 Å². The lowest BCUT2D eigenvalue weighted by molar-refractivity contribution is -0.136. The first-order valence-corrected chi connectivity index (χ1v) is 10.4. The number of rotatable bonds is 5. The van der Waals surface area contributed by atoms with Gasteiger partial charge in [-0.1, -0.05) is 30.3 Å². The number of carbonyl (C=O) groups is 2. The third-order valence-electron chi connectivity index (χ3n) is 5.19. The Morgan fingerprint density at radius 2 is 1.87 bits per heavy atom. The Kier molecular flexibility index (Phi) is 6.91. The van der Waals surface area contributed by atoms with Gasteiger partial charge in [-0.15, -0.1) is 0 Å². The molecule has 0 saturated carbocycles. The van der Waals surface area contributed by atoms with Crippen LogP contribution in [0.15, 0.2) is 59.8 Å². The quantitative estimate of drug-likeness (QED) is 0.476. The number of anilines is 2. The smallest absolute Gasteiger partial charge is 0.337 e. The van der Waals surface area contributed by atoms with Gasteiger partial charge in [0.05, 0.1) is 18.7 Å². The SMILES string of the molecule is CCN1C(=S)N[C@H](c2cccc(NC(=O)Nc3ccccc3C)c2)C(C(=O)OC)=C1C. The molecule has 162 valence electrons. The second-order valence-electron chi connectivity index (χ2n) is 7.14. The minimum absolute atomic E-state index is 0.351. The van der Waals surface area contributed by atoms with Crippen LogP contribution in [0.25, 0.3) is 0 Å². The highest BCUT2D eigenvalue weighted by Gasteiger charge is 2.34. The van der Waals surface area contributed by atoms with Crippen LogP contribution >= 0.6 is 12.2 Å². The number of ether oxygens (including phenoxy) is 1. The third-order valence-corrected chi connectivity index (χ3v) is 5.53. The number of thiocarbonyl (C=S) groups is 1. The van der Waals surface area contributed by atoms with E-state index in [1.807, 2.05) is 68.1 Å². The summed E-state index contributed by atoms with van der Waals surface area (Å²) in [6.45, 7) is 6.37. The molecule has 1 aliphatic heterocycles. The van der Waals surface area contributed by atoms with E-state index in [2.05, 4.69) is 16.0 Å². The van der Waals surface area contributed by atoms with Gasteiger partial charge in [-0.25, -0.2) is 9.59 Å². The number of allylic oxidation sites excluding steroid dienone is 1. The number of carbonyl (C=O) groups excluding carboxylic acids is 2. The molecule has 31 heavy (non-hydrogen) atoms. The number of para-hydroxylation sites is 1. The van der Waals surface area contributed by atoms with E-state index < -0.39 is 12.0 Å². The second-order valence-corrected chi connectivity index (χ2v) is 7.52. The zero-order valence-electron chi connectivity index (χ0n) is 18.0. The van der Waals surface area contributed by atoms with Gasteiger partial charge in [0, 0.05) is 23.6 Å². The number of hydrogen-bond donors (Lipinski definition) is 3. The fourth-order valence-corrected chi connectivity index (χ4v) is 3.96. The normalized spacial score (nSPS) is 15.9. The number of nitrogens with one attached hydrogen (secondary N) is 3. The summed E-state index contributed by atoms with van der Waals surface area (Å²) in [7, 11) is 1.36. The highest BCUT2D eigenvalue weighted by Crippen LogP contribution is 2.32. The Bertz CT molecular complexity index is 1050. The standard InChI is InChI=1S/C23H26N4O3S/c1-5-27-15(3)19(21(28)30-4)20(26-23(27)31)16-10-8-11-17(13-16)24-22(29)25-18-12-7-6-9-14(18)2/h6-13,20H,5H2,1-4H3,(H,26,31)(H2,24,25,29)/t20-/m1/s1. The molecule has 1 heterocycles. The predicted octanol–water partition coefficient (Wildman–Crippen LogP) is 4.34. The molecule has 0 aliphatic carbocycles.